The molecule has 0 atom stereocenters. The maximum Gasteiger partial charge on any atom is 0.311 e. The van der Waals surface area contributed by atoms with Gasteiger partial charge in [0.15, 0.2) is 5.75 Å². The zero-order chi connectivity index (χ0) is 15.7. The average molecular weight is 302 g/mol. The molecule has 3 rings (SSSR count). The zero-order valence-corrected chi connectivity index (χ0v) is 11.6. The largest absolute Gasteiger partial charge is 0.502 e. The van der Waals surface area contributed by atoms with Gasteiger partial charge in [-0.1, -0.05) is 0 Å². The Morgan fingerprint density at radius 3 is 2.91 bits per heavy atom. The molecule has 0 radical (unpaired) electrons. The summed E-state index contributed by atoms with van der Waals surface area (Å²) in [5.74, 6) is 0.193. The second kappa shape index (κ2) is 5.47. The number of carbonyl (C=O) groups excluding carboxylic acids is 1. The second-order valence-electron chi connectivity index (χ2n) is 5.26. The van der Waals surface area contributed by atoms with Crippen LogP contribution in [-0.4, -0.2) is 25.7 Å². The summed E-state index contributed by atoms with van der Waals surface area (Å²) in [6, 6.07) is 5.19. The number of hydrogen-bond donors (Lipinski definition) is 2. The summed E-state index contributed by atoms with van der Waals surface area (Å²) < 4.78 is 1.71. The van der Waals surface area contributed by atoms with Crippen LogP contribution in [0.3, 0.4) is 0 Å². The maximum absolute atomic E-state index is 12.2. The number of nitrogens with zero attached hydrogens (tertiary/aromatic N) is 3. The first-order valence-electron chi connectivity index (χ1n) is 6.85. The lowest BCUT2D eigenvalue weighted by Gasteiger charge is -2.08. The van der Waals surface area contributed by atoms with Gasteiger partial charge >= 0.3 is 5.69 Å². The van der Waals surface area contributed by atoms with Crippen molar-refractivity contribution < 1.29 is 14.8 Å². The molecule has 1 aromatic heterocycles. The molecule has 1 heterocycles. The minimum absolute atomic E-state index is 0.101. The molecular formula is C14H14N4O4. The fourth-order valence-corrected chi connectivity index (χ4v) is 2.13. The highest BCUT2D eigenvalue weighted by Gasteiger charge is 2.23. The Morgan fingerprint density at radius 1 is 1.45 bits per heavy atom. The van der Waals surface area contributed by atoms with E-state index in [1.165, 1.54) is 6.07 Å². The lowest BCUT2D eigenvalue weighted by Crippen LogP contribution is -2.16. The molecule has 0 spiro atoms. The van der Waals surface area contributed by atoms with E-state index in [0.717, 1.165) is 31.5 Å². The number of anilines is 1. The number of benzene rings is 1. The minimum atomic E-state index is -0.733. The molecule has 0 saturated heterocycles. The van der Waals surface area contributed by atoms with Gasteiger partial charge in [0, 0.05) is 24.2 Å². The molecule has 22 heavy (non-hydrogen) atoms. The van der Waals surface area contributed by atoms with Gasteiger partial charge in [0.2, 0.25) is 0 Å². The van der Waals surface area contributed by atoms with Gasteiger partial charge in [0.1, 0.15) is 5.82 Å². The first kappa shape index (κ1) is 14.1. The highest BCUT2D eigenvalue weighted by Crippen LogP contribution is 2.31. The molecule has 8 nitrogen and oxygen atoms in total. The molecule has 114 valence electrons. The number of phenols is 1. The smallest absolute Gasteiger partial charge is 0.311 e. The summed E-state index contributed by atoms with van der Waals surface area (Å²) in [6.07, 6.45) is 3.92. The van der Waals surface area contributed by atoms with E-state index < -0.39 is 22.3 Å². The predicted octanol–water partition coefficient (Wildman–Crippen LogP) is 2.16. The van der Waals surface area contributed by atoms with Crippen LogP contribution < -0.4 is 5.32 Å². The number of hydrogen-bond acceptors (Lipinski definition) is 5. The Balaban J connectivity index is 1.78. The highest BCUT2D eigenvalue weighted by atomic mass is 16.6. The molecule has 0 unspecified atom stereocenters. The zero-order valence-electron chi connectivity index (χ0n) is 11.6. The lowest BCUT2D eigenvalue weighted by atomic mass is 10.1. The van der Waals surface area contributed by atoms with E-state index >= 15 is 0 Å². The maximum atomic E-state index is 12.2. The number of nitrogens with one attached hydrogen (secondary N) is 1. The summed E-state index contributed by atoms with van der Waals surface area (Å²) >= 11 is 0. The summed E-state index contributed by atoms with van der Waals surface area (Å²) in [4.78, 5) is 22.3. The number of amides is 1. The van der Waals surface area contributed by atoms with Crippen LogP contribution in [0.1, 0.15) is 23.2 Å². The topological polar surface area (TPSA) is 110 Å². The van der Waals surface area contributed by atoms with Crippen LogP contribution in [0.4, 0.5) is 11.5 Å². The van der Waals surface area contributed by atoms with Crippen molar-refractivity contribution in [2.45, 2.75) is 19.4 Å². The number of aromatic nitrogens is 2. The van der Waals surface area contributed by atoms with Crippen LogP contribution >= 0.6 is 0 Å². The molecule has 2 aromatic rings. The van der Waals surface area contributed by atoms with Gasteiger partial charge in [0.05, 0.1) is 11.1 Å². The monoisotopic (exact) mass is 302 g/mol. The van der Waals surface area contributed by atoms with E-state index in [0.29, 0.717) is 11.7 Å². The van der Waals surface area contributed by atoms with Gasteiger partial charge in [0.25, 0.3) is 5.91 Å². The van der Waals surface area contributed by atoms with Crippen molar-refractivity contribution in [1.82, 2.24) is 9.78 Å². The summed E-state index contributed by atoms with van der Waals surface area (Å²) in [6.45, 7) is 0.748. The number of carbonyl (C=O) groups is 1. The van der Waals surface area contributed by atoms with E-state index in [1.807, 2.05) is 0 Å². The number of rotatable bonds is 5. The SMILES string of the molecule is O=C(Nc1ccnn1CC1CC1)c1ccc(O)c([N+](=O)[O-])c1. The Labute approximate surface area is 125 Å². The fraction of sp³-hybridized carbons (Fsp3) is 0.286. The van der Waals surface area contributed by atoms with Gasteiger partial charge in [-0.05, 0) is 30.9 Å². The van der Waals surface area contributed by atoms with Crippen LogP contribution in [0.5, 0.6) is 5.75 Å². The number of aromatic hydroxyl groups is 1. The second-order valence-corrected chi connectivity index (χ2v) is 5.26. The molecule has 1 aliphatic carbocycles. The van der Waals surface area contributed by atoms with Crippen molar-refractivity contribution in [3.05, 3.63) is 46.1 Å². The lowest BCUT2D eigenvalue weighted by molar-refractivity contribution is -0.385. The summed E-state index contributed by atoms with van der Waals surface area (Å²) in [5.41, 5.74) is -0.400. The number of phenolic OH excluding ortho intramolecular Hbond substituents is 1. The number of nitro benzene ring substituents is 1. The van der Waals surface area contributed by atoms with Crippen LogP contribution in [-0.2, 0) is 6.54 Å². The molecule has 1 aliphatic rings. The molecule has 1 saturated carbocycles. The van der Waals surface area contributed by atoms with E-state index in [9.17, 15) is 20.0 Å². The van der Waals surface area contributed by atoms with Crippen molar-refractivity contribution in [2.24, 2.45) is 5.92 Å². The molecule has 0 bridgehead atoms. The van der Waals surface area contributed by atoms with Crippen LogP contribution in [0.2, 0.25) is 0 Å². The average Bonchev–Trinajstić information content (AvgIpc) is 3.19. The Kier molecular flexibility index (Phi) is 3.50. The first-order valence-corrected chi connectivity index (χ1v) is 6.85. The third kappa shape index (κ3) is 2.90. The Morgan fingerprint density at radius 2 is 2.23 bits per heavy atom. The third-order valence-electron chi connectivity index (χ3n) is 3.52. The highest BCUT2D eigenvalue weighted by molar-refractivity contribution is 6.04. The molecule has 0 aliphatic heterocycles. The van der Waals surface area contributed by atoms with Crippen molar-refractivity contribution in [3.63, 3.8) is 0 Å². The van der Waals surface area contributed by atoms with Gasteiger partial charge in [-0.3, -0.25) is 14.9 Å². The van der Waals surface area contributed by atoms with Gasteiger partial charge in [-0.2, -0.15) is 5.10 Å². The molecule has 1 aromatic carbocycles. The molecule has 1 amide bonds. The quantitative estimate of drug-likeness (QED) is 0.649. The van der Waals surface area contributed by atoms with Crippen molar-refractivity contribution in [3.8, 4) is 5.75 Å². The molecule has 8 heteroatoms. The Bertz CT molecular complexity index is 736. The normalized spacial score (nSPS) is 13.8. The molecular weight excluding hydrogens is 288 g/mol. The first-order chi connectivity index (χ1) is 10.5. The van der Waals surface area contributed by atoms with Gasteiger partial charge < -0.3 is 10.4 Å². The molecule has 1 fully saturated rings. The van der Waals surface area contributed by atoms with Gasteiger partial charge in [-0.15, -0.1) is 0 Å². The fourth-order valence-electron chi connectivity index (χ4n) is 2.13. The summed E-state index contributed by atoms with van der Waals surface area (Å²) in [5, 5.41) is 27.0. The van der Waals surface area contributed by atoms with Crippen molar-refractivity contribution >= 4 is 17.4 Å². The summed E-state index contributed by atoms with van der Waals surface area (Å²) in [7, 11) is 0. The van der Waals surface area contributed by atoms with Crippen molar-refractivity contribution in [2.75, 3.05) is 5.32 Å². The van der Waals surface area contributed by atoms with Crippen LogP contribution in [0.25, 0.3) is 0 Å². The van der Waals surface area contributed by atoms with Crippen molar-refractivity contribution in [1.29, 1.82) is 0 Å². The van der Waals surface area contributed by atoms with E-state index in [-0.39, 0.29) is 5.56 Å². The minimum Gasteiger partial charge on any atom is -0.502 e. The number of nitro groups is 1. The van der Waals surface area contributed by atoms with Crippen LogP contribution in [0.15, 0.2) is 30.5 Å². The van der Waals surface area contributed by atoms with E-state index in [1.54, 1.807) is 16.9 Å². The van der Waals surface area contributed by atoms with E-state index in [2.05, 4.69) is 10.4 Å². The standard InChI is InChI=1S/C14H14N4O4/c19-12-4-3-10(7-11(12)18(21)22)14(20)16-13-5-6-15-17(13)8-9-1-2-9/h3-7,9,19H,1-2,8H2,(H,16,20). The third-order valence-corrected chi connectivity index (χ3v) is 3.52. The Hall–Kier alpha value is -2.90. The van der Waals surface area contributed by atoms with E-state index in [4.69, 9.17) is 0 Å². The van der Waals surface area contributed by atoms with Gasteiger partial charge in [-0.25, -0.2) is 4.68 Å². The predicted molar refractivity (Wildman–Crippen MR) is 77.7 cm³/mol. The van der Waals surface area contributed by atoms with Crippen LogP contribution in [0, 0.1) is 16.0 Å². The molecule has 2 N–H and O–H groups in total.